The van der Waals surface area contributed by atoms with Crippen LogP contribution in [0, 0.1) is 0 Å². The van der Waals surface area contributed by atoms with Crippen LogP contribution in [0.3, 0.4) is 0 Å². The van der Waals surface area contributed by atoms with Crippen LogP contribution in [0.1, 0.15) is 151 Å². The lowest BCUT2D eigenvalue weighted by Crippen LogP contribution is -2.28. The zero-order chi connectivity index (χ0) is 61.6. The van der Waals surface area contributed by atoms with E-state index in [-0.39, 0.29) is 28.8 Å². The average molecular weight is 1150 g/mol. The third-order valence-electron chi connectivity index (χ3n) is 12.7. The maximum Gasteiger partial charge on any atom is 0.323 e. The van der Waals surface area contributed by atoms with E-state index >= 15 is 0 Å². The molecule has 0 fully saturated rings. The minimum atomic E-state index is -3.50. The summed E-state index contributed by atoms with van der Waals surface area (Å²) >= 11 is 0. The minimum Gasteiger partial charge on any atom is -0.338 e. The standard InChI is InChI=1S/C16H18N2O.C16H17NO.C15H17NO2S.C12H18N2O.C11H15NO/c1-12(2)13-8-10-15(11-9-13)18-16(19)17-14-6-4-3-5-7-14;1-12(2)13-8-10-15(11-9-13)17-16(18)14-6-4-3-5-7-14;1-12(2)13-8-10-14(11-9-13)16-19(17,18)15-6-4-3-5-7-15;1-4-13-12(15)14-11-7-5-10(6-8-11)9(2)3;1-8(2)10-4-6-11(7-5-10)12-9(3)13/h3-12H,1-2H3,(H2,17,18,19);3-12H,1-2H3,(H,17,18);3-12,16H,1-2H3;5-9H,4H2,1-3H3,(H2,13,14,15);4-8H,1-3H3,(H,12,13). The fraction of sp³-hybridized carbons (Fsp3) is 0.257. The van der Waals surface area contributed by atoms with E-state index in [1.807, 2.05) is 165 Å². The highest BCUT2D eigenvalue weighted by Crippen LogP contribution is 2.23. The van der Waals surface area contributed by atoms with E-state index in [0.29, 0.717) is 47.4 Å². The maximum atomic E-state index is 12.1. The van der Waals surface area contributed by atoms with Gasteiger partial charge in [0.15, 0.2) is 0 Å². The van der Waals surface area contributed by atoms with Gasteiger partial charge in [0.1, 0.15) is 0 Å². The number of carbonyl (C=O) groups is 4. The first-order valence-corrected chi connectivity index (χ1v) is 29.9. The summed E-state index contributed by atoms with van der Waals surface area (Å²) in [4.78, 5) is 45.9. The molecular weight excluding hydrogens is 1070 g/mol. The molecule has 84 heavy (non-hydrogen) atoms. The van der Waals surface area contributed by atoms with Gasteiger partial charge in [-0.3, -0.25) is 14.3 Å². The highest BCUT2D eigenvalue weighted by atomic mass is 32.2. The summed E-state index contributed by atoms with van der Waals surface area (Å²) in [5.41, 5.74) is 11.6. The molecule has 0 saturated carbocycles. The maximum absolute atomic E-state index is 12.1. The van der Waals surface area contributed by atoms with Crippen molar-refractivity contribution >= 4 is 68.0 Å². The molecule has 0 atom stereocenters. The molecule has 442 valence electrons. The van der Waals surface area contributed by atoms with Crippen LogP contribution in [0.2, 0.25) is 0 Å². The first-order chi connectivity index (χ1) is 40.0. The van der Waals surface area contributed by atoms with Crippen LogP contribution < -0.4 is 36.6 Å². The van der Waals surface area contributed by atoms with Gasteiger partial charge in [-0.05, 0) is 161 Å². The van der Waals surface area contributed by atoms with Crippen molar-refractivity contribution < 1.29 is 27.6 Å². The SMILES string of the molecule is CC(=O)Nc1ccc(C(C)C)cc1.CC(C)c1ccc(NC(=O)Nc2ccccc2)cc1.CC(C)c1ccc(NC(=O)c2ccccc2)cc1.CC(C)c1ccc(NS(=O)(=O)c2ccccc2)cc1.CCNC(=O)Nc1ccc(C(C)C)cc1. The molecule has 6 amide bonds. The highest BCUT2D eigenvalue weighted by Gasteiger charge is 2.14. The van der Waals surface area contributed by atoms with Crippen molar-refractivity contribution in [1.29, 1.82) is 0 Å². The van der Waals surface area contributed by atoms with E-state index in [1.165, 1.54) is 34.7 Å². The van der Waals surface area contributed by atoms with Crippen LogP contribution in [0.4, 0.5) is 43.7 Å². The average Bonchev–Trinajstić information content (AvgIpc) is 3.62. The van der Waals surface area contributed by atoms with Gasteiger partial charge in [-0.2, -0.15) is 0 Å². The van der Waals surface area contributed by atoms with Gasteiger partial charge in [0.25, 0.3) is 15.9 Å². The monoisotopic (exact) mass is 1150 g/mol. The number of hydrogen-bond donors (Lipinski definition) is 7. The number of para-hydroxylation sites is 1. The van der Waals surface area contributed by atoms with Gasteiger partial charge in [-0.1, -0.05) is 184 Å². The summed E-state index contributed by atoms with van der Waals surface area (Å²) in [6.07, 6.45) is 0. The van der Waals surface area contributed by atoms with Crippen molar-refractivity contribution in [2.45, 2.75) is 118 Å². The van der Waals surface area contributed by atoms with Gasteiger partial charge in [0.05, 0.1) is 4.90 Å². The third-order valence-corrected chi connectivity index (χ3v) is 14.1. The largest absolute Gasteiger partial charge is 0.338 e. The van der Waals surface area contributed by atoms with E-state index in [9.17, 15) is 27.6 Å². The molecule has 14 heteroatoms. The number of amides is 6. The van der Waals surface area contributed by atoms with E-state index in [1.54, 1.807) is 54.6 Å². The molecule has 7 N–H and O–H groups in total. The molecule has 8 rings (SSSR count). The van der Waals surface area contributed by atoms with Gasteiger partial charge in [0.2, 0.25) is 5.91 Å². The molecule has 13 nitrogen and oxygen atoms in total. The molecule has 0 aliphatic heterocycles. The lowest BCUT2D eigenvalue weighted by molar-refractivity contribution is -0.114. The number of hydrogen-bond acceptors (Lipinski definition) is 6. The molecule has 0 bridgehead atoms. The Balaban J connectivity index is 0.000000227. The summed E-state index contributed by atoms with van der Waals surface area (Å²) in [6, 6.07) is 65.7. The van der Waals surface area contributed by atoms with Gasteiger partial charge in [0, 0.05) is 53.2 Å². The fourth-order valence-electron chi connectivity index (χ4n) is 7.70. The summed E-state index contributed by atoms with van der Waals surface area (Å²) in [6.45, 7) is 25.4. The molecule has 0 heterocycles. The van der Waals surface area contributed by atoms with Crippen LogP contribution in [0.5, 0.6) is 0 Å². The molecule has 0 aliphatic carbocycles. The second-order valence-electron chi connectivity index (χ2n) is 21.2. The number of rotatable bonds is 15. The highest BCUT2D eigenvalue weighted by molar-refractivity contribution is 7.92. The summed E-state index contributed by atoms with van der Waals surface area (Å²) in [5.74, 6) is 2.37. The number of sulfonamides is 1. The summed E-state index contributed by atoms with van der Waals surface area (Å²) in [7, 11) is -3.50. The van der Waals surface area contributed by atoms with Crippen molar-refractivity contribution in [1.82, 2.24) is 5.32 Å². The molecule has 8 aromatic carbocycles. The molecule has 0 unspecified atom stereocenters. The van der Waals surface area contributed by atoms with Crippen molar-refractivity contribution in [3.05, 3.63) is 246 Å². The first-order valence-electron chi connectivity index (χ1n) is 28.4. The topological polar surface area (TPSA) is 187 Å². The second-order valence-corrected chi connectivity index (χ2v) is 22.9. The Bertz CT molecular complexity index is 3320. The van der Waals surface area contributed by atoms with Crippen LogP contribution in [-0.2, 0) is 14.8 Å². The number of carbonyl (C=O) groups excluding carboxylic acids is 4. The Kier molecular flexibility index (Phi) is 28.2. The van der Waals surface area contributed by atoms with Crippen LogP contribution in [0.25, 0.3) is 0 Å². The Hall–Kier alpha value is -9.01. The van der Waals surface area contributed by atoms with Gasteiger partial charge in [-0.15, -0.1) is 0 Å². The fourth-order valence-corrected chi connectivity index (χ4v) is 8.78. The molecule has 0 radical (unpaired) electrons. The Labute approximate surface area is 499 Å². The van der Waals surface area contributed by atoms with E-state index in [2.05, 4.69) is 106 Å². The smallest absolute Gasteiger partial charge is 0.323 e. The van der Waals surface area contributed by atoms with Gasteiger partial charge < -0.3 is 31.9 Å². The Morgan fingerprint density at radius 3 is 0.964 bits per heavy atom. The third kappa shape index (κ3) is 25.0. The van der Waals surface area contributed by atoms with Crippen molar-refractivity contribution in [3.8, 4) is 0 Å². The predicted octanol–water partition coefficient (Wildman–Crippen LogP) is 17.8. The minimum absolute atomic E-state index is 0.0303. The van der Waals surface area contributed by atoms with Crippen molar-refractivity contribution in [2.24, 2.45) is 0 Å². The lowest BCUT2D eigenvalue weighted by Gasteiger charge is -2.10. The Morgan fingerprint density at radius 2 is 0.631 bits per heavy atom. The molecular formula is C70H85N7O6S. The number of urea groups is 2. The van der Waals surface area contributed by atoms with Crippen LogP contribution >= 0.6 is 0 Å². The summed E-state index contributed by atoms with van der Waals surface area (Å²) in [5, 5.41) is 16.6. The molecule has 0 aliphatic rings. The van der Waals surface area contributed by atoms with Crippen molar-refractivity contribution in [3.63, 3.8) is 0 Å². The molecule has 0 aromatic heterocycles. The van der Waals surface area contributed by atoms with Crippen LogP contribution in [0.15, 0.2) is 217 Å². The van der Waals surface area contributed by atoms with E-state index < -0.39 is 10.0 Å². The van der Waals surface area contributed by atoms with Gasteiger partial charge >= 0.3 is 12.1 Å². The number of nitrogens with one attached hydrogen (secondary N) is 7. The zero-order valence-electron chi connectivity index (χ0n) is 50.7. The number of benzene rings is 8. The molecule has 8 aromatic rings. The normalized spacial score (nSPS) is 10.5. The van der Waals surface area contributed by atoms with Crippen molar-refractivity contribution in [2.75, 3.05) is 37.9 Å². The van der Waals surface area contributed by atoms with E-state index in [4.69, 9.17) is 0 Å². The molecule has 0 saturated heterocycles. The lowest BCUT2D eigenvalue weighted by atomic mass is 10.0. The van der Waals surface area contributed by atoms with Crippen LogP contribution in [-0.4, -0.2) is 38.8 Å². The van der Waals surface area contributed by atoms with Gasteiger partial charge in [-0.25, -0.2) is 18.0 Å². The zero-order valence-corrected chi connectivity index (χ0v) is 51.5. The quantitative estimate of drug-likeness (QED) is 0.0535. The Morgan fingerprint density at radius 1 is 0.345 bits per heavy atom. The predicted molar refractivity (Wildman–Crippen MR) is 350 cm³/mol. The van der Waals surface area contributed by atoms with E-state index in [0.717, 1.165) is 28.4 Å². The summed E-state index contributed by atoms with van der Waals surface area (Å²) < 4.78 is 26.8. The second kappa shape index (κ2) is 35.1. The number of anilines is 6. The molecule has 0 spiro atoms. The first kappa shape index (κ1) is 67.5.